The van der Waals surface area contributed by atoms with Crippen molar-refractivity contribution in [1.29, 1.82) is 0 Å². The molecule has 2 rings (SSSR count). The van der Waals surface area contributed by atoms with Gasteiger partial charge in [-0.15, -0.1) is 10.2 Å². The first-order valence-corrected chi connectivity index (χ1v) is 4.29. The van der Waals surface area contributed by atoms with Crippen molar-refractivity contribution in [3.63, 3.8) is 0 Å². The third-order valence-electron chi connectivity index (χ3n) is 1.87. The highest BCUT2D eigenvalue weighted by Gasteiger charge is 2.08. The molecule has 0 aliphatic heterocycles. The molecule has 0 spiro atoms. The number of rotatable bonds is 2. The molecule has 0 saturated heterocycles. The Morgan fingerprint density at radius 2 is 2.20 bits per heavy atom. The van der Waals surface area contributed by atoms with Crippen molar-refractivity contribution in [2.75, 3.05) is 7.11 Å². The highest BCUT2D eigenvalue weighted by Crippen LogP contribution is 2.14. The number of ether oxygens (including phenoxy) is 1. The largest absolute Gasteiger partial charge is 0.478 e. The normalized spacial score (nSPS) is 10.3. The highest BCUT2D eigenvalue weighted by atomic mass is 19.1. The number of halogens is 1. The quantitative estimate of drug-likeness (QED) is 0.742. The molecular weight excluding hydrogens is 199 g/mol. The summed E-state index contributed by atoms with van der Waals surface area (Å²) >= 11 is 0. The van der Waals surface area contributed by atoms with E-state index < -0.39 is 5.82 Å². The van der Waals surface area contributed by atoms with Gasteiger partial charge in [-0.25, -0.2) is 9.37 Å². The summed E-state index contributed by atoms with van der Waals surface area (Å²) in [7, 11) is 1.34. The topological polar surface area (TPSA) is 52.8 Å². The van der Waals surface area contributed by atoms with Crippen molar-refractivity contribution in [1.82, 2.24) is 19.7 Å². The average molecular weight is 208 g/mol. The molecule has 2 aromatic rings. The third-order valence-corrected chi connectivity index (χ3v) is 1.87. The lowest BCUT2D eigenvalue weighted by atomic mass is 10.5. The van der Waals surface area contributed by atoms with Crippen LogP contribution in [-0.4, -0.2) is 26.9 Å². The van der Waals surface area contributed by atoms with Crippen molar-refractivity contribution >= 4 is 0 Å². The van der Waals surface area contributed by atoms with Crippen molar-refractivity contribution in [3.8, 4) is 11.7 Å². The summed E-state index contributed by atoms with van der Waals surface area (Å²) in [6.07, 6.45) is 3.28. The molecule has 0 N–H and O–H groups in total. The lowest BCUT2D eigenvalue weighted by molar-refractivity contribution is 0.362. The molecule has 0 aliphatic carbocycles. The van der Waals surface area contributed by atoms with Crippen LogP contribution in [0.3, 0.4) is 0 Å². The van der Waals surface area contributed by atoms with Crippen LogP contribution in [0.2, 0.25) is 0 Å². The van der Waals surface area contributed by atoms with Crippen LogP contribution in [0.5, 0.6) is 5.88 Å². The van der Waals surface area contributed by atoms with Gasteiger partial charge in [0, 0.05) is 12.3 Å². The number of aromatic nitrogens is 4. The summed E-state index contributed by atoms with van der Waals surface area (Å²) in [5.41, 5.74) is 0.827. The second kappa shape index (κ2) is 3.64. The van der Waals surface area contributed by atoms with Crippen molar-refractivity contribution in [2.24, 2.45) is 0 Å². The van der Waals surface area contributed by atoms with Crippen LogP contribution in [0.4, 0.5) is 4.39 Å². The van der Waals surface area contributed by atoms with Gasteiger partial charge in [0.2, 0.25) is 0 Å². The predicted molar refractivity (Wildman–Crippen MR) is 50.4 cm³/mol. The number of imidazole rings is 1. The summed E-state index contributed by atoms with van der Waals surface area (Å²) in [4.78, 5) is 4.01. The molecule has 0 fully saturated rings. The first kappa shape index (κ1) is 9.57. The van der Waals surface area contributed by atoms with E-state index in [4.69, 9.17) is 0 Å². The molecule has 0 saturated carbocycles. The fourth-order valence-corrected chi connectivity index (χ4v) is 1.16. The van der Waals surface area contributed by atoms with E-state index in [0.29, 0.717) is 5.82 Å². The highest BCUT2D eigenvalue weighted by molar-refractivity contribution is 5.26. The maximum atomic E-state index is 13.3. The van der Waals surface area contributed by atoms with Gasteiger partial charge in [-0.1, -0.05) is 0 Å². The summed E-state index contributed by atoms with van der Waals surface area (Å²) in [5.74, 6) is -0.293. The number of methoxy groups -OCH3 is 1. The molecule has 0 atom stereocenters. The van der Waals surface area contributed by atoms with Gasteiger partial charge in [0.1, 0.15) is 6.33 Å². The lowest BCUT2D eigenvalue weighted by Crippen LogP contribution is -2.01. The van der Waals surface area contributed by atoms with Crippen LogP contribution in [0.25, 0.3) is 5.82 Å². The van der Waals surface area contributed by atoms with Crippen LogP contribution in [0.1, 0.15) is 5.69 Å². The third kappa shape index (κ3) is 1.78. The molecule has 2 heterocycles. The Labute approximate surface area is 85.5 Å². The molecule has 0 aromatic carbocycles. The minimum Gasteiger partial charge on any atom is -0.478 e. The smallest absolute Gasteiger partial charge is 0.269 e. The zero-order valence-corrected chi connectivity index (χ0v) is 8.31. The van der Waals surface area contributed by atoms with Gasteiger partial charge in [0.25, 0.3) is 5.88 Å². The molecule has 0 unspecified atom stereocenters. The Balaban J connectivity index is 2.42. The maximum absolute atomic E-state index is 13.3. The Morgan fingerprint density at radius 3 is 2.73 bits per heavy atom. The fourth-order valence-electron chi connectivity index (χ4n) is 1.16. The van der Waals surface area contributed by atoms with E-state index in [0.717, 1.165) is 5.69 Å². The molecule has 0 bridgehead atoms. The monoisotopic (exact) mass is 208 g/mol. The predicted octanol–water partition coefficient (Wildman–Crippen LogP) is 1.12. The van der Waals surface area contributed by atoms with Crippen molar-refractivity contribution in [3.05, 3.63) is 30.1 Å². The Bertz CT molecular complexity index is 483. The van der Waals surface area contributed by atoms with Crippen LogP contribution in [0.15, 0.2) is 18.6 Å². The standard InChI is InChI=1S/C9H9FN4O/c1-6-4-14(5-11-6)8-3-7(10)9(15-2)13-12-8/h3-5H,1-2H3. The zero-order chi connectivity index (χ0) is 10.8. The minimum atomic E-state index is -0.547. The second-order valence-electron chi connectivity index (χ2n) is 2.98. The maximum Gasteiger partial charge on any atom is 0.269 e. The van der Waals surface area contributed by atoms with E-state index in [1.807, 2.05) is 6.92 Å². The van der Waals surface area contributed by atoms with E-state index in [1.165, 1.54) is 13.2 Å². The van der Waals surface area contributed by atoms with E-state index >= 15 is 0 Å². The van der Waals surface area contributed by atoms with Crippen LogP contribution in [0, 0.1) is 12.7 Å². The van der Waals surface area contributed by atoms with E-state index in [-0.39, 0.29) is 5.88 Å². The van der Waals surface area contributed by atoms with Crippen molar-refractivity contribution < 1.29 is 9.13 Å². The minimum absolute atomic E-state index is 0.115. The number of aryl methyl sites for hydroxylation is 1. The van der Waals surface area contributed by atoms with E-state index in [1.54, 1.807) is 17.1 Å². The molecular formula is C9H9FN4O. The fraction of sp³-hybridized carbons (Fsp3) is 0.222. The number of nitrogens with zero attached hydrogens (tertiary/aromatic N) is 4. The first-order valence-electron chi connectivity index (χ1n) is 4.29. The summed E-state index contributed by atoms with van der Waals surface area (Å²) in [5, 5.41) is 7.39. The van der Waals surface area contributed by atoms with E-state index in [2.05, 4.69) is 19.9 Å². The molecule has 0 aliphatic rings. The van der Waals surface area contributed by atoms with Gasteiger partial charge in [0.15, 0.2) is 11.6 Å². The summed E-state index contributed by atoms with van der Waals surface area (Å²) < 4.78 is 19.5. The van der Waals surface area contributed by atoms with Gasteiger partial charge in [-0.3, -0.25) is 4.57 Å². The van der Waals surface area contributed by atoms with E-state index in [9.17, 15) is 4.39 Å². The first-order chi connectivity index (χ1) is 7.20. The van der Waals surface area contributed by atoms with Crippen LogP contribution >= 0.6 is 0 Å². The SMILES string of the molecule is COc1nnc(-n2cnc(C)c2)cc1F. The molecule has 0 amide bonds. The van der Waals surface area contributed by atoms with Gasteiger partial charge in [-0.05, 0) is 6.92 Å². The second-order valence-corrected chi connectivity index (χ2v) is 2.98. The van der Waals surface area contributed by atoms with Gasteiger partial charge in [0.05, 0.1) is 12.8 Å². The molecule has 78 valence electrons. The van der Waals surface area contributed by atoms with Gasteiger partial charge in [-0.2, -0.15) is 0 Å². The zero-order valence-electron chi connectivity index (χ0n) is 8.31. The van der Waals surface area contributed by atoms with Crippen LogP contribution in [-0.2, 0) is 0 Å². The van der Waals surface area contributed by atoms with Crippen LogP contribution < -0.4 is 4.74 Å². The Hall–Kier alpha value is -1.98. The number of hydrogen-bond acceptors (Lipinski definition) is 4. The number of hydrogen-bond donors (Lipinski definition) is 0. The summed E-state index contributed by atoms with van der Waals surface area (Å²) in [6.45, 7) is 1.84. The molecule has 2 aromatic heterocycles. The molecule has 5 nitrogen and oxygen atoms in total. The summed E-state index contributed by atoms with van der Waals surface area (Å²) in [6, 6.07) is 1.24. The molecule has 0 radical (unpaired) electrons. The average Bonchev–Trinajstić information content (AvgIpc) is 2.65. The molecule has 15 heavy (non-hydrogen) atoms. The van der Waals surface area contributed by atoms with Gasteiger partial charge >= 0.3 is 0 Å². The molecule has 6 heteroatoms. The Kier molecular flexibility index (Phi) is 2.32. The van der Waals surface area contributed by atoms with Gasteiger partial charge < -0.3 is 4.74 Å². The van der Waals surface area contributed by atoms with Crippen molar-refractivity contribution in [2.45, 2.75) is 6.92 Å². The lowest BCUT2D eigenvalue weighted by Gasteiger charge is -2.02. The Morgan fingerprint density at radius 1 is 1.40 bits per heavy atom.